The molecule has 1 aliphatic rings. The zero-order valence-corrected chi connectivity index (χ0v) is 17.4. The molecule has 4 rings (SSSR count). The van der Waals surface area contributed by atoms with E-state index in [2.05, 4.69) is 18.2 Å². The number of hydrogen-bond acceptors (Lipinski definition) is 4. The zero-order chi connectivity index (χ0) is 21.3. The number of ether oxygens (including phenoxy) is 1. The van der Waals surface area contributed by atoms with Crippen molar-refractivity contribution in [2.24, 2.45) is 0 Å². The first-order chi connectivity index (χ1) is 14.5. The Balaban J connectivity index is 1.80. The summed E-state index contributed by atoms with van der Waals surface area (Å²) < 4.78 is 5.57. The lowest BCUT2D eigenvalue weighted by Gasteiger charge is -2.18. The second-order valence-electron chi connectivity index (χ2n) is 7.69. The average molecular weight is 400 g/mol. The molecule has 0 aliphatic heterocycles. The molecule has 2 aromatic carbocycles. The molecule has 0 saturated carbocycles. The number of para-hydroxylation sites is 1. The summed E-state index contributed by atoms with van der Waals surface area (Å²) in [4.78, 5) is 31.7. The van der Waals surface area contributed by atoms with Crippen molar-refractivity contribution < 1.29 is 14.3 Å². The van der Waals surface area contributed by atoms with Crippen molar-refractivity contribution in [3.8, 4) is 0 Å². The molecule has 0 unspecified atom stereocenters. The van der Waals surface area contributed by atoms with Crippen molar-refractivity contribution in [2.75, 3.05) is 14.1 Å². The molecular formula is C25H24N2O3. The van der Waals surface area contributed by atoms with E-state index >= 15 is 0 Å². The van der Waals surface area contributed by atoms with Crippen LogP contribution < -0.4 is 0 Å². The SMILES string of the molecule is C[C@@H](OC(=O)c1c2c(nc3ccccc13)/C(=C/c1ccccc1)CC2)C(=O)N(C)C. The number of pyridine rings is 1. The molecule has 1 amide bonds. The summed E-state index contributed by atoms with van der Waals surface area (Å²) >= 11 is 0. The number of aromatic nitrogens is 1. The number of carbonyl (C=O) groups is 2. The number of likely N-dealkylation sites (N-methyl/N-ethyl adjacent to an activating group) is 1. The first kappa shape index (κ1) is 19.8. The molecule has 5 nitrogen and oxygen atoms in total. The Bertz CT molecular complexity index is 1150. The van der Waals surface area contributed by atoms with Gasteiger partial charge in [-0.05, 0) is 48.6 Å². The minimum absolute atomic E-state index is 0.247. The van der Waals surface area contributed by atoms with E-state index in [-0.39, 0.29) is 5.91 Å². The van der Waals surface area contributed by atoms with Crippen LogP contribution in [-0.2, 0) is 16.0 Å². The molecule has 1 heterocycles. The first-order valence-corrected chi connectivity index (χ1v) is 10.1. The van der Waals surface area contributed by atoms with Crippen LogP contribution in [0.2, 0.25) is 0 Å². The third kappa shape index (κ3) is 3.71. The van der Waals surface area contributed by atoms with E-state index in [0.717, 1.165) is 39.7 Å². The monoisotopic (exact) mass is 400 g/mol. The predicted molar refractivity (Wildman–Crippen MR) is 118 cm³/mol. The molecule has 30 heavy (non-hydrogen) atoms. The van der Waals surface area contributed by atoms with Crippen molar-refractivity contribution in [3.05, 3.63) is 77.0 Å². The number of nitrogens with zero attached hydrogens (tertiary/aromatic N) is 2. The number of benzene rings is 2. The van der Waals surface area contributed by atoms with Crippen LogP contribution in [0.3, 0.4) is 0 Å². The fourth-order valence-electron chi connectivity index (χ4n) is 3.90. The van der Waals surface area contributed by atoms with Gasteiger partial charge in [-0.1, -0.05) is 48.5 Å². The van der Waals surface area contributed by atoms with Gasteiger partial charge in [-0.2, -0.15) is 0 Å². The van der Waals surface area contributed by atoms with Crippen LogP contribution in [0.4, 0.5) is 0 Å². The Labute approximate surface area is 176 Å². The van der Waals surface area contributed by atoms with Crippen molar-refractivity contribution in [1.29, 1.82) is 0 Å². The maximum Gasteiger partial charge on any atom is 0.339 e. The maximum absolute atomic E-state index is 13.2. The summed E-state index contributed by atoms with van der Waals surface area (Å²) in [6.45, 7) is 1.60. The van der Waals surface area contributed by atoms with E-state index in [4.69, 9.17) is 9.72 Å². The molecule has 0 saturated heterocycles. The molecular weight excluding hydrogens is 376 g/mol. The lowest BCUT2D eigenvalue weighted by molar-refractivity contribution is -0.137. The molecule has 0 N–H and O–H groups in total. The second-order valence-corrected chi connectivity index (χ2v) is 7.69. The van der Waals surface area contributed by atoms with Gasteiger partial charge >= 0.3 is 5.97 Å². The molecule has 1 atom stereocenters. The number of fused-ring (bicyclic) bond motifs is 2. The zero-order valence-electron chi connectivity index (χ0n) is 17.4. The van der Waals surface area contributed by atoms with E-state index in [0.29, 0.717) is 12.0 Å². The normalized spacial score (nSPS) is 15.1. The van der Waals surface area contributed by atoms with Gasteiger partial charge in [-0.3, -0.25) is 4.79 Å². The van der Waals surface area contributed by atoms with Gasteiger partial charge in [0.1, 0.15) is 0 Å². The number of carbonyl (C=O) groups excluding carboxylic acids is 2. The molecule has 0 bridgehead atoms. The minimum atomic E-state index is -0.851. The molecule has 1 aromatic heterocycles. The van der Waals surface area contributed by atoms with Gasteiger partial charge < -0.3 is 9.64 Å². The summed E-state index contributed by atoms with van der Waals surface area (Å²) in [5, 5.41) is 0.756. The average Bonchev–Trinajstić information content (AvgIpc) is 3.13. The van der Waals surface area contributed by atoms with Crippen molar-refractivity contribution >= 4 is 34.4 Å². The fraction of sp³-hybridized carbons (Fsp3) is 0.240. The predicted octanol–water partition coefficient (Wildman–Crippen LogP) is 4.36. The quantitative estimate of drug-likeness (QED) is 0.611. The summed E-state index contributed by atoms with van der Waals surface area (Å²) in [6, 6.07) is 17.7. The number of amides is 1. The highest BCUT2D eigenvalue weighted by atomic mass is 16.5. The highest BCUT2D eigenvalue weighted by molar-refractivity contribution is 6.07. The fourth-order valence-corrected chi connectivity index (χ4v) is 3.90. The van der Waals surface area contributed by atoms with Gasteiger partial charge in [-0.15, -0.1) is 0 Å². The highest BCUT2D eigenvalue weighted by Gasteiger charge is 2.29. The second kappa shape index (κ2) is 8.11. The molecule has 1 aliphatic carbocycles. The Morgan fingerprint density at radius 2 is 1.73 bits per heavy atom. The summed E-state index contributed by atoms with van der Waals surface area (Å²) in [6.07, 6.45) is 2.79. The molecule has 0 radical (unpaired) electrons. The first-order valence-electron chi connectivity index (χ1n) is 10.1. The number of esters is 1. The molecule has 5 heteroatoms. The van der Waals surface area contributed by atoms with Crippen LogP contribution in [-0.4, -0.2) is 42.0 Å². The third-order valence-corrected chi connectivity index (χ3v) is 5.36. The lowest BCUT2D eigenvalue weighted by atomic mass is 10.0. The van der Waals surface area contributed by atoms with Gasteiger partial charge in [0.2, 0.25) is 0 Å². The minimum Gasteiger partial charge on any atom is -0.449 e. The van der Waals surface area contributed by atoms with E-state index < -0.39 is 12.1 Å². The van der Waals surface area contributed by atoms with Crippen LogP contribution in [0.25, 0.3) is 22.6 Å². The molecule has 0 spiro atoms. The van der Waals surface area contributed by atoms with E-state index in [9.17, 15) is 9.59 Å². The van der Waals surface area contributed by atoms with E-state index in [1.54, 1.807) is 21.0 Å². The smallest absolute Gasteiger partial charge is 0.339 e. The largest absolute Gasteiger partial charge is 0.449 e. The Morgan fingerprint density at radius 1 is 1.03 bits per heavy atom. The van der Waals surface area contributed by atoms with Gasteiger partial charge in [0.05, 0.1) is 16.8 Å². The molecule has 3 aromatic rings. The van der Waals surface area contributed by atoms with Crippen LogP contribution in [0.15, 0.2) is 54.6 Å². The molecule has 152 valence electrons. The van der Waals surface area contributed by atoms with Crippen molar-refractivity contribution in [2.45, 2.75) is 25.9 Å². The van der Waals surface area contributed by atoms with Crippen LogP contribution in [0.5, 0.6) is 0 Å². The van der Waals surface area contributed by atoms with Gasteiger partial charge in [0.15, 0.2) is 6.10 Å². The van der Waals surface area contributed by atoms with Gasteiger partial charge in [0.25, 0.3) is 5.91 Å². The number of hydrogen-bond donors (Lipinski definition) is 0. The summed E-state index contributed by atoms with van der Waals surface area (Å²) in [5.74, 6) is -0.725. The standard InChI is InChI=1S/C25H24N2O3/c1-16(24(28)27(2)3)30-25(29)22-19-11-7-8-12-21(19)26-23-18(13-14-20(22)23)15-17-9-5-4-6-10-17/h4-12,15-16H,13-14H2,1-3H3/b18-15+/t16-/m1/s1. The van der Waals surface area contributed by atoms with Crippen molar-refractivity contribution in [1.82, 2.24) is 9.88 Å². The summed E-state index contributed by atoms with van der Waals surface area (Å²) in [5.41, 5.74) is 5.21. The van der Waals surface area contributed by atoms with Gasteiger partial charge in [-0.25, -0.2) is 9.78 Å². The Morgan fingerprint density at radius 3 is 2.47 bits per heavy atom. The lowest BCUT2D eigenvalue weighted by Crippen LogP contribution is -2.35. The topological polar surface area (TPSA) is 59.5 Å². The van der Waals surface area contributed by atoms with Crippen LogP contribution in [0, 0.1) is 0 Å². The van der Waals surface area contributed by atoms with Crippen LogP contribution in [0.1, 0.15) is 40.5 Å². The van der Waals surface area contributed by atoms with E-state index in [1.165, 1.54) is 4.90 Å². The maximum atomic E-state index is 13.2. The Hall–Kier alpha value is -3.47. The molecule has 0 fully saturated rings. The third-order valence-electron chi connectivity index (χ3n) is 5.36. The van der Waals surface area contributed by atoms with Crippen LogP contribution >= 0.6 is 0 Å². The highest BCUT2D eigenvalue weighted by Crippen LogP contribution is 2.37. The number of allylic oxidation sites excluding steroid dienone is 1. The summed E-state index contributed by atoms with van der Waals surface area (Å²) in [7, 11) is 3.29. The number of rotatable bonds is 4. The van der Waals surface area contributed by atoms with E-state index in [1.807, 2.05) is 42.5 Å². The van der Waals surface area contributed by atoms with Gasteiger partial charge in [0, 0.05) is 19.5 Å². The van der Waals surface area contributed by atoms with Crippen molar-refractivity contribution in [3.63, 3.8) is 0 Å². The Kier molecular flexibility index (Phi) is 5.36.